The average molecular weight is 259 g/mol. The summed E-state index contributed by atoms with van der Waals surface area (Å²) in [5, 5.41) is 7.23. The van der Waals surface area contributed by atoms with Crippen molar-refractivity contribution in [1.29, 1.82) is 0 Å². The fourth-order valence-electron chi connectivity index (χ4n) is 2.43. The molecule has 1 aliphatic rings. The molecular formula is C13H17N5O. The minimum atomic E-state index is -0.0652. The van der Waals surface area contributed by atoms with Gasteiger partial charge in [0, 0.05) is 26.2 Å². The van der Waals surface area contributed by atoms with Crippen molar-refractivity contribution in [3.63, 3.8) is 0 Å². The maximum absolute atomic E-state index is 11.8. The number of likely N-dealkylation sites (N-methyl/N-ethyl adjacent to an activating group) is 1. The number of hydrogen-bond donors (Lipinski definition) is 1. The van der Waals surface area contributed by atoms with Crippen molar-refractivity contribution < 1.29 is 0 Å². The quantitative estimate of drug-likeness (QED) is 0.849. The molecule has 2 aromatic heterocycles. The Morgan fingerprint density at radius 2 is 2.05 bits per heavy atom. The van der Waals surface area contributed by atoms with Crippen LogP contribution in [0.2, 0.25) is 0 Å². The van der Waals surface area contributed by atoms with E-state index in [0.29, 0.717) is 10.9 Å². The van der Waals surface area contributed by atoms with Crippen LogP contribution in [0.5, 0.6) is 0 Å². The summed E-state index contributed by atoms with van der Waals surface area (Å²) in [5.41, 5.74) is 0.619. The number of piperazine rings is 1. The van der Waals surface area contributed by atoms with Crippen molar-refractivity contribution in [2.45, 2.75) is 6.92 Å². The van der Waals surface area contributed by atoms with Crippen LogP contribution in [0.3, 0.4) is 0 Å². The first-order chi connectivity index (χ1) is 9.28. The minimum Gasteiger partial charge on any atom is -0.354 e. The van der Waals surface area contributed by atoms with E-state index in [2.05, 4.69) is 31.9 Å². The van der Waals surface area contributed by atoms with Crippen LogP contribution in [0.4, 0.5) is 5.82 Å². The molecule has 0 radical (unpaired) electrons. The Bertz CT molecular complexity index is 630. The van der Waals surface area contributed by atoms with Crippen LogP contribution in [0.15, 0.2) is 23.3 Å². The number of anilines is 1. The highest BCUT2D eigenvalue weighted by Gasteiger charge is 2.17. The molecule has 0 unspecified atom stereocenters. The number of nitrogens with one attached hydrogen (secondary N) is 1. The molecule has 6 nitrogen and oxygen atoms in total. The highest BCUT2D eigenvalue weighted by Crippen LogP contribution is 2.16. The monoisotopic (exact) mass is 259 g/mol. The number of pyridine rings is 1. The standard InChI is InChI=1S/C13H17N5O/c1-2-17-3-5-18(6-4-17)13-7-10-11(8-14-13)16-15-9-12(10)19/h7-9H,2-6H2,1H3,(H,16,19). The first kappa shape index (κ1) is 12.1. The number of H-pyrrole nitrogens is 1. The first-order valence-corrected chi connectivity index (χ1v) is 6.58. The van der Waals surface area contributed by atoms with Crippen molar-refractivity contribution in [2.24, 2.45) is 0 Å². The molecular weight excluding hydrogens is 242 g/mol. The van der Waals surface area contributed by atoms with Gasteiger partial charge in [-0.3, -0.25) is 9.89 Å². The molecule has 3 heterocycles. The van der Waals surface area contributed by atoms with Crippen LogP contribution in [0.25, 0.3) is 10.9 Å². The lowest BCUT2D eigenvalue weighted by Crippen LogP contribution is -2.46. The zero-order valence-electron chi connectivity index (χ0n) is 11.0. The van der Waals surface area contributed by atoms with Gasteiger partial charge in [-0.1, -0.05) is 6.92 Å². The summed E-state index contributed by atoms with van der Waals surface area (Å²) in [6.45, 7) is 7.26. The van der Waals surface area contributed by atoms with Crippen LogP contribution in [0.1, 0.15) is 6.92 Å². The van der Waals surface area contributed by atoms with Crippen molar-refractivity contribution in [2.75, 3.05) is 37.6 Å². The summed E-state index contributed by atoms with van der Waals surface area (Å²) in [4.78, 5) is 20.8. The van der Waals surface area contributed by atoms with E-state index in [-0.39, 0.29) is 5.43 Å². The number of hydrogen-bond acceptors (Lipinski definition) is 5. The highest BCUT2D eigenvalue weighted by molar-refractivity contribution is 5.79. The van der Waals surface area contributed by atoms with E-state index in [1.165, 1.54) is 6.20 Å². The van der Waals surface area contributed by atoms with E-state index < -0.39 is 0 Å². The van der Waals surface area contributed by atoms with Crippen molar-refractivity contribution in [1.82, 2.24) is 20.1 Å². The van der Waals surface area contributed by atoms with Gasteiger partial charge in [0.25, 0.3) is 0 Å². The van der Waals surface area contributed by atoms with Gasteiger partial charge < -0.3 is 9.80 Å². The smallest absolute Gasteiger partial charge is 0.208 e. The van der Waals surface area contributed by atoms with Crippen LogP contribution in [0, 0.1) is 0 Å². The summed E-state index contributed by atoms with van der Waals surface area (Å²) in [6, 6.07) is 1.86. The normalized spacial score (nSPS) is 17.0. The van der Waals surface area contributed by atoms with Gasteiger partial charge in [-0.05, 0) is 12.6 Å². The summed E-state index contributed by atoms with van der Waals surface area (Å²) in [5.74, 6) is 0.875. The highest BCUT2D eigenvalue weighted by atomic mass is 16.1. The van der Waals surface area contributed by atoms with E-state index in [1.807, 2.05) is 6.07 Å². The molecule has 100 valence electrons. The van der Waals surface area contributed by atoms with Crippen molar-refractivity contribution in [3.05, 3.63) is 28.7 Å². The molecule has 0 aromatic carbocycles. The predicted octanol–water partition coefficient (Wildman–Crippen LogP) is 0.460. The second kappa shape index (κ2) is 4.97. The van der Waals surface area contributed by atoms with Gasteiger partial charge >= 0.3 is 0 Å². The predicted molar refractivity (Wildman–Crippen MR) is 74.5 cm³/mol. The number of fused-ring (bicyclic) bond motifs is 1. The lowest BCUT2D eigenvalue weighted by molar-refractivity contribution is 0.270. The van der Waals surface area contributed by atoms with Gasteiger partial charge in [0.05, 0.1) is 23.3 Å². The Balaban J connectivity index is 1.90. The van der Waals surface area contributed by atoms with Crippen molar-refractivity contribution in [3.8, 4) is 0 Å². The second-order valence-electron chi connectivity index (χ2n) is 4.74. The van der Waals surface area contributed by atoms with Crippen LogP contribution in [-0.4, -0.2) is 52.8 Å². The lowest BCUT2D eigenvalue weighted by Gasteiger charge is -2.34. The molecule has 0 bridgehead atoms. The van der Waals surface area contributed by atoms with Gasteiger partial charge in [-0.25, -0.2) is 4.98 Å². The van der Waals surface area contributed by atoms with E-state index >= 15 is 0 Å². The van der Waals surface area contributed by atoms with Crippen LogP contribution in [-0.2, 0) is 0 Å². The van der Waals surface area contributed by atoms with Gasteiger partial charge in [0.1, 0.15) is 5.82 Å². The summed E-state index contributed by atoms with van der Waals surface area (Å²) in [7, 11) is 0. The van der Waals surface area contributed by atoms with E-state index in [4.69, 9.17) is 0 Å². The third-order valence-corrected chi connectivity index (χ3v) is 3.67. The zero-order chi connectivity index (χ0) is 13.2. The Hall–Kier alpha value is -1.95. The van der Waals surface area contributed by atoms with E-state index in [0.717, 1.165) is 38.5 Å². The van der Waals surface area contributed by atoms with Crippen molar-refractivity contribution >= 4 is 16.7 Å². The fraction of sp³-hybridized carbons (Fsp3) is 0.462. The summed E-state index contributed by atoms with van der Waals surface area (Å²) >= 11 is 0. The number of aromatic nitrogens is 3. The molecule has 0 saturated carbocycles. The second-order valence-corrected chi connectivity index (χ2v) is 4.74. The molecule has 3 rings (SSSR count). The Labute approximate surface area is 111 Å². The molecule has 19 heavy (non-hydrogen) atoms. The number of rotatable bonds is 2. The molecule has 0 aliphatic carbocycles. The molecule has 0 amide bonds. The molecule has 1 fully saturated rings. The average Bonchev–Trinajstić information content (AvgIpc) is 2.47. The van der Waals surface area contributed by atoms with Gasteiger partial charge in [0.15, 0.2) is 0 Å². The van der Waals surface area contributed by atoms with Gasteiger partial charge in [0.2, 0.25) is 5.43 Å². The van der Waals surface area contributed by atoms with Gasteiger partial charge in [-0.15, -0.1) is 0 Å². The molecule has 6 heteroatoms. The molecule has 1 aliphatic heterocycles. The number of nitrogens with zero attached hydrogens (tertiary/aromatic N) is 4. The largest absolute Gasteiger partial charge is 0.354 e. The molecule has 0 spiro atoms. The summed E-state index contributed by atoms with van der Waals surface area (Å²) in [6.07, 6.45) is 2.99. The summed E-state index contributed by atoms with van der Waals surface area (Å²) < 4.78 is 0. The minimum absolute atomic E-state index is 0.0652. The topological polar surface area (TPSA) is 65.1 Å². The molecule has 2 aromatic rings. The SMILES string of the molecule is CCN1CCN(c2cc3c(=O)cn[nH]c3cn2)CC1. The molecule has 1 N–H and O–H groups in total. The third-order valence-electron chi connectivity index (χ3n) is 3.67. The van der Waals surface area contributed by atoms with Crippen LogP contribution < -0.4 is 10.3 Å². The zero-order valence-corrected chi connectivity index (χ0v) is 11.0. The third kappa shape index (κ3) is 2.31. The van der Waals surface area contributed by atoms with E-state index in [9.17, 15) is 4.79 Å². The fourth-order valence-corrected chi connectivity index (χ4v) is 2.43. The lowest BCUT2D eigenvalue weighted by atomic mass is 10.2. The van der Waals surface area contributed by atoms with Crippen LogP contribution >= 0.6 is 0 Å². The maximum Gasteiger partial charge on any atom is 0.208 e. The van der Waals surface area contributed by atoms with E-state index in [1.54, 1.807) is 6.20 Å². The Morgan fingerprint density at radius 3 is 2.79 bits per heavy atom. The molecule has 0 atom stereocenters. The Kier molecular flexibility index (Phi) is 3.16. The number of aromatic amines is 1. The molecule has 1 saturated heterocycles. The van der Waals surface area contributed by atoms with Gasteiger partial charge in [-0.2, -0.15) is 5.10 Å². The first-order valence-electron chi connectivity index (χ1n) is 6.58. The Morgan fingerprint density at radius 1 is 1.26 bits per heavy atom. The maximum atomic E-state index is 11.8.